The second kappa shape index (κ2) is 6.24. The zero-order valence-corrected chi connectivity index (χ0v) is 13.0. The van der Waals surface area contributed by atoms with Gasteiger partial charge in [0.05, 0.1) is 0 Å². The zero-order chi connectivity index (χ0) is 16.4. The van der Waals surface area contributed by atoms with Crippen LogP contribution in [0, 0.1) is 5.82 Å². The van der Waals surface area contributed by atoms with Crippen LogP contribution in [0.3, 0.4) is 0 Å². The van der Waals surface area contributed by atoms with E-state index in [1.54, 1.807) is 18.2 Å². The topological polar surface area (TPSA) is 35.5 Å². The Kier molecular flexibility index (Phi) is 4.15. The molecule has 2 aromatic carbocycles. The normalized spacial score (nSPS) is 13.0. The molecule has 1 aliphatic rings. The van der Waals surface area contributed by atoms with Gasteiger partial charge < -0.3 is 9.47 Å². The fourth-order valence-electron chi connectivity index (χ4n) is 2.77. The number of benzene rings is 2. The molecule has 23 heavy (non-hydrogen) atoms. The molecule has 0 saturated heterocycles. The van der Waals surface area contributed by atoms with Crippen molar-refractivity contribution in [3.63, 3.8) is 0 Å². The third-order valence-electron chi connectivity index (χ3n) is 3.83. The number of carbonyl (C=O) groups excluding carboxylic acids is 1. The van der Waals surface area contributed by atoms with Gasteiger partial charge in [-0.05, 0) is 46.9 Å². The molecule has 0 radical (unpaired) electrons. The smallest absolute Gasteiger partial charge is 0.231 e. The Bertz CT molecular complexity index is 761. The lowest BCUT2D eigenvalue weighted by Crippen LogP contribution is -1.97. The minimum Gasteiger partial charge on any atom is -0.454 e. The lowest BCUT2D eigenvalue weighted by atomic mass is 9.88. The molecule has 0 N–H and O–H groups in total. The van der Waals surface area contributed by atoms with Crippen LogP contribution in [0.1, 0.15) is 30.9 Å². The van der Waals surface area contributed by atoms with E-state index in [4.69, 9.17) is 9.47 Å². The summed E-state index contributed by atoms with van der Waals surface area (Å²) in [5.74, 6) is 1.24. The highest BCUT2D eigenvalue weighted by atomic mass is 19.1. The van der Waals surface area contributed by atoms with E-state index in [-0.39, 0.29) is 18.5 Å². The fourth-order valence-corrected chi connectivity index (χ4v) is 2.77. The molecule has 3 nitrogen and oxygen atoms in total. The second-order valence-corrected chi connectivity index (χ2v) is 5.65. The highest BCUT2D eigenvalue weighted by molar-refractivity contribution is 5.88. The van der Waals surface area contributed by atoms with E-state index in [1.165, 1.54) is 18.2 Å². The molecular weight excluding hydrogens is 295 g/mol. The quantitative estimate of drug-likeness (QED) is 0.613. The fraction of sp³-hybridized carbons (Fsp3) is 0.211. The van der Waals surface area contributed by atoms with Crippen LogP contribution in [0.5, 0.6) is 11.5 Å². The molecule has 3 rings (SSSR count). The summed E-state index contributed by atoms with van der Waals surface area (Å²) in [6.45, 7) is 4.30. The van der Waals surface area contributed by atoms with Crippen LogP contribution in [0.25, 0.3) is 17.2 Å². The van der Waals surface area contributed by atoms with Gasteiger partial charge in [0.2, 0.25) is 6.79 Å². The van der Waals surface area contributed by atoms with E-state index < -0.39 is 0 Å². The molecule has 0 bridgehead atoms. The first-order chi connectivity index (χ1) is 11.1. The number of halogens is 1. The third-order valence-corrected chi connectivity index (χ3v) is 3.83. The van der Waals surface area contributed by atoms with Crippen molar-refractivity contribution < 1.29 is 18.7 Å². The maximum absolute atomic E-state index is 13.3. The van der Waals surface area contributed by atoms with Crippen LogP contribution < -0.4 is 9.47 Å². The second-order valence-electron chi connectivity index (χ2n) is 5.65. The highest BCUT2D eigenvalue weighted by Gasteiger charge is 2.25. The number of allylic oxidation sites excluding steroid dienone is 1. The molecule has 0 atom stereocenters. The summed E-state index contributed by atoms with van der Waals surface area (Å²) in [5.41, 5.74) is 3.58. The van der Waals surface area contributed by atoms with E-state index in [0.29, 0.717) is 11.5 Å². The summed E-state index contributed by atoms with van der Waals surface area (Å²) in [7, 11) is 0. The van der Waals surface area contributed by atoms with E-state index in [2.05, 4.69) is 13.8 Å². The Morgan fingerprint density at radius 1 is 1.17 bits per heavy atom. The zero-order valence-electron chi connectivity index (χ0n) is 13.0. The first-order valence-corrected chi connectivity index (χ1v) is 7.46. The standard InChI is InChI=1S/C19H17FO3/c1-12(2)16-10-17-19(23-11-22-17)18(15(16)4-3-9-21)13-5-7-14(20)8-6-13/h3-10,12H,11H2,1-2H3. The first kappa shape index (κ1) is 15.3. The number of rotatable bonds is 4. The van der Waals surface area contributed by atoms with Crippen LogP contribution in [-0.2, 0) is 4.79 Å². The van der Waals surface area contributed by atoms with Gasteiger partial charge in [-0.3, -0.25) is 4.79 Å². The summed E-state index contributed by atoms with van der Waals surface area (Å²) in [6, 6.07) is 8.17. The van der Waals surface area contributed by atoms with Crippen molar-refractivity contribution in [2.24, 2.45) is 0 Å². The minimum atomic E-state index is -0.299. The summed E-state index contributed by atoms with van der Waals surface area (Å²) in [4.78, 5) is 10.8. The Hall–Kier alpha value is -2.62. The summed E-state index contributed by atoms with van der Waals surface area (Å²) in [6.07, 6.45) is 3.96. The van der Waals surface area contributed by atoms with Crippen LogP contribution in [0.4, 0.5) is 4.39 Å². The van der Waals surface area contributed by atoms with Gasteiger partial charge in [-0.1, -0.05) is 32.1 Å². The van der Waals surface area contributed by atoms with Crippen molar-refractivity contribution in [1.29, 1.82) is 0 Å². The molecule has 118 valence electrons. The number of hydrogen-bond donors (Lipinski definition) is 0. The number of carbonyl (C=O) groups is 1. The Labute approximate surface area is 134 Å². The van der Waals surface area contributed by atoms with E-state index in [9.17, 15) is 9.18 Å². The molecule has 4 heteroatoms. The monoisotopic (exact) mass is 312 g/mol. The van der Waals surface area contributed by atoms with Gasteiger partial charge in [0, 0.05) is 5.56 Å². The van der Waals surface area contributed by atoms with Crippen molar-refractivity contribution in [2.75, 3.05) is 6.79 Å². The lowest BCUT2D eigenvalue weighted by molar-refractivity contribution is -0.104. The number of fused-ring (bicyclic) bond motifs is 1. The van der Waals surface area contributed by atoms with E-state index in [0.717, 1.165) is 28.5 Å². The molecule has 2 aromatic rings. The Balaban J connectivity index is 2.32. The van der Waals surface area contributed by atoms with Gasteiger partial charge in [0.1, 0.15) is 12.1 Å². The summed E-state index contributed by atoms with van der Waals surface area (Å²) >= 11 is 0. The largest absolute Gasteiger partial charge is 0.454 e. The number of hydrogen-bond acceptors (Lipinski definition) is 3. The van der Waals surface area contributed by atoms with Crippen LogP contribution in [-0.4, -0.2) is 13.1 Å². The summed E-state index contributed by atoms with van der Waals surface area (Å²) in [5, 5.41) is 0. The predicted molar refractivity (Wildman–Crippen MR) is 87.1 cm³/mol. The van der Waals surface area contributed by atoms with Crippen molar-refractivity contribution in [3.8, 4) is 22.6 Å². The molecule has 0 spiro atoms. The molecular formula is C19H17FO3. The molecule has 0 aliphatic carbocycles. The van der Waals surface area contributed by atoms with Crippen molar-refractivity contribution >= 4 is 12.4 Å². The molecule has 0 amide bonds. The summed E-state index contributed by atoms with van der Waals surface area (Å²) < 4.78 is 24.4. The predicted octanol–water partition coefficient (Wildman–Crippen LogP) is 4.56. The molecule has 0 aromatic heterocycles. The van der Waals surface area contributed by atoms with Crippen LogP contribution >= 0.6 is 0 Å². The third kappa shape index (κ3) is 2.84. The number of ether oxygens (including phenoxy) is 2. The van der Waals surface area contributed by atoms with Gasteiger partial charge in [0.25, 0.3) is 0 Å². The maximum atomic E-state index is 13.3. The molecule has 0 unspecified atom stereocenters. The minimum absolute atomic E-state index is 0.155. The van der Waals surface area contributed by atoms with Gasteiger partial charge in [-0.2, -0.15) is 0 Å². The SMILES string of the molecule is CC(C)c1cc2c(c(-c3ccc(F)cc3)c1C=CC=O)OCO2. The van der Waals surface area contributed by atoms with Crippen molar-refractivity contribution in [2.45, 2.75) is 19.8 Å². The maximum Gasteiger partial charge on any atom is 0.231 e. The average Bonchev–Trinajstić information content (AvgIpc) is 3.00. The van der Waals surface area contributed by atoms with Crippen molar-refractivity contribution in [1.82, 2.24) is 0 Å². The van der Waals surface area contributed by atoms with E-state index >= 15 is 0 Å². The van der Waals surface area contributed by atoms with Crippen LogP contribution in [0.15, 0.2) is 36.4 Å². The van der Waals surface area contributed by atoms with Crippen molar-refractivity contribution in [3.05, 3.63) is 53.4 Å². The van der Waals surface area contributed by atoms with Gasteiger partial charge in [0.15, 0.2) is 11.5 Å². The Morgan fingerprint density at radius 2 is 1.91 bits per heavy atom. The molecule has 1 aliphatic heterocycles. The lowest BCUT2D eigenvalue weighted by Gasteiger charge is -2.17. The average molecular weight is 312 g/mol. The van der Waals surface area contributed by atoms with Gasteiger partial charge in [-0.25, -0.2) is 4.39 Å². The van der Waals surface area contributed by atoms with E-state index in [1.807, 2.05) is 6.07 Å². The first-order valence-electron chi connectivity index (χ1n) is 7.46. The molecule has 1 heterocycles. The van der Waals surface area contributed by atoms with Gasteiger partial charge >= 0.3 is 0 Å². The molecule has 0 fully saturated rings. The van der Waals surface area contributed by atoms with Gasteiger partial charge in [-0.15, -0.1) is 0 Å². The number of aldehydes is 1. The Morgan fingerprint density at radius 3 is 2.57 bits per heavy atom. The highest BCUT2D eigenvalue weighted by Crippen LogP contribution is 2.47. The van der Waals surface area contributed by atoms with Crippen LogP contribution in [0.2, 0.25) is 0 Å². The molecule has 0 saturated carbocycles.